The average molecular weight is 257 g/mol. The lowest BCUT2D eigenvalue weighted by Crippen LogP contribution is -2.40. The fraction of sp³-hybridized carbons (Fsp3) is 1.00. The van der Waals surface area contributed by atoms with Crippen molar-refractivity contribution in [2.24, 2.45) is 11.7 Å². The average Bonchev–Trinajstić information content (AvgIpc) is 2.34. The van der Waals surface area contributed by atoms with E-state index < -0.39 is 0 Å². The molecule has 0 saturated carbocycles. The number of nitrogens with two attached hydrogens (primary N) is 1. The summed E-state index contributed by atoms with van der Waals surface area (Å²) in [6.45, 7) is 9.48. The molecule has 0 saturated heterocycles. The molecule has 0 aliphatic rings. The Kier molecular flexibility index (Phi) is 11.9. The summed E-state index contributed by atoms with van der Waals surface area (Å²) in [5, 5.41) is 0. The van der Waals surface area contributed by atoms with Crippen LogP contribution in [0, 0.1) is 5.92 Å². The van der Waals surface area contributed by atoms with Gasteiger partial charge >= 0.3 is 0 Å². The highest BCUT2D eigenvalue weighted by Gasteiger charge is 2.20. The molecule has 0 spiro atoms. The molecule has 0 amide bonds. The Morgan fingerprint density at radius 1 is 0.889 bits per heavy atom. The van der Waals surface area contributed by atoms with Gasteiger partial charge in [-0.15, -0.1) is 0 Å². The summed E-state index contributed by atoms with van der Waals surface area (Å²) in [6, 6.07) is 0.209. The van der Waals surface area contributed by atoms with Crippen LogP contribution in [0.3, 0.4) is 0 Å². The molecule has 0 heterocycles. The van der Waals surface area contributed by atoms with Gasteiger partial charge in [-0.05, 0) is 19.3 Å². The molecule has 18 heavy (non-hydrogen) atoms. The third-order valence-corrected chi connectivity index (χ3v) is 3.58. The van der Waals surface area contributed by atoms with Crippen molar-refractivity contribution in [3.8, 4) is 0 Å². The summed E-state index contributed by atoms with van der Waals surface area (Å²) in [6.07, 6.45) is 10.8. The van der Waals surface area contributed by atoms with E-state index >= 15 is 0 Å². The van der Waals surface area contributed by atoms with E-state index in [1.807, 2.05) is 0 Å². The fourth-order valence-corrected chi connectivity index (χ4v) is 2.50. The van der Waals surface area contributed by atoms with Crippen molar-refractivity contribution >= 4 is 0 Å². The molecule has 0 rings (SSSR count). The summed E-state index contributed by atoms with van der Waals surface area (Å²) in [4.78, 5) is 0. The summed E-state index contributed by atoms with van der Waals surface area (Å²) < 4.78 is 5.75. The van der Waals surface area contributed by atoms with Crippen LogP contribution >= 0.6 is 0 Å². The molecule has 0 fully saturated rings. The van der Waals surface area contributed by atoms with E-state index in [1.54, 1.807) is 0 Å². The van der Waals surface area contributed by atoms with Crippen molar-refractivity contribution in [1.29, 1.82) is 0 Å². The number of unbranched alkanes of at least 4 members (excludes halogenated alkanes) is 6. The maximum absolute atomic E-state index is 6.24. The molecule has 0 aromatic carbocycles. The Balaban J connectivity index is 3.58. The van der Waals surface area contributed by atoms with Crippen LogP contribution in [0.2, 0.25) is 0 Å². The van der Waals surface area contributed by atoms with Crippen LogP contribution in [-0.2, 0) is 4.74 Å². The number of hydrogen-bond donors (Lipinski definition) is 1. The molecule has 2 nitrogen and oxygen atoms in total. The predicted octanol–water partition coefficient (Wildman–Crippen LogP) is 4.52. The van der Waals surface area contributed by atoms with E-state index in [0.717, 1.165) is 13.0 Å². The SMILES string of the molecule is CCCCCCCCCC(N)C(OCC)C(C)C. The van der Waals surface area contributed by atoms with Crippen LogP contribution in [0.15, 0.2) is 0 Å². The molecule has 2 heteroatoms. The highest BCUT2D eigenvalue weighted by Crippen LogP contribution is 2.16. The number of ether oxygens (including phenoxy) is 1. The Labute approximate surface area is 115 Å². The minimum atomic E-state index is 0.209. The standard InChI is InChI=1S/C16H35NO/c1-5-7-8-9-10-11-12-13-15(17)16(14(3)4)18-6-2/h14-16H,5-13,17H2,1-4H3. The Morgan fingerprint density at radius 3 is 1.94 bits per heavy atom. The van der Waals surface area contributed by atoms with E-state index in [0.29, 0.717) is 5.92 Å². The molecule has 2 N–H and O–H groups in total. The molecule has 0 radical (unpaired) electrons. The smallest absolute Gasteiger partial charge is 0.0748 e. The lowest BCUT2D eigenvalue weighted by atomic mass is 9.95. The van der Waals surface area contributed by atoms with Gasteiger partial charge in [0, 0.05) is 12.6 Å². The highest BCUT2D eigenvalue weighted by atomic mass is 16.5. The monoisotopic (exact) mass is 257 g/mol. The van der Waals surface area contributed by atoms with E-state index in [4.69, 9.17) is 10.5 Å². The van der Waals surface area contributed by atoms with Crippen LogP contribution in [0.1, 0.15) is 79.1 Å². The predicted molar refractivity (Wildman–Crippen MR) is 80.8 cm³/mol. The third-order valence-electron chi connectivity index (χ3n) is 3.58. The van der Waals surface area contributed by atoms with Crippen molar-refractivity contribution in [1.82, 2.24) is 0 Å². The summed E-state index contributed by atoms with van der Waals surface area (Å²) >= 11 is 0. The largest absolute Gasteiger partial charge is 0.377 e. The Hall–Kier alpha value is -0.0800. The quantitative estimate of drug-likeness (QED) is 0.522. The normalized spacial score (nSPS) is 15.0. The lowest BCUT2D eigenvalue weighted by Gasteiger charge is -2.27. The van der Waals surface area contributed by atoms with Gasteiger partial charge in [0.15, 0.2) is 0 Å². The Morgan fingerprint density at radius 2 is 1.44 bits per heavy atom. The van der Waals surface area contributed by atoms with Crippen molar-refractivity contribution in [2.45, 2.75) is 91.2 Å². The highest BCUT2D eigenvalue weighted by molar-refractivity contribution is 4.76. The lowest BCUT2D eigenvalue weighted by molar-refractivity contribution is 0.0103. The first kappa shape index (κ1) is 17.9. The van der Waals surface area contributed by atoms with Crippen molar-refractivity contribution in [3.05, 3.63) is 0 Å². The first-order chi connectivity index (χ1) is 8.63. The maximum atomic E-state index is 6.24. The summed E-state index contributed by atoms with van der Waals surface area (Å²) in [7, 11) is 0. The summed E-state index contributed by atoms with van der Waals surface area (Å²) in [5.41, 5.74) is 6.24. The van der Waals surface area contributed by atoms with Gasteiger partial charge in [0.05, 0.1) is 6.10 Å². The second-order valence-corrected chi connectivity index (χ2v) is 5.74. The van der Waals surface area contributed by atoms with Gasteiger partial charge in [-0.2, -0.15) is 0 Å². The molecule has 0 aromatic rings. The number of hydrogen-bond acceptors (Lipinski definition) is 2. The minimum absolute atomic E-state index is 0.209. The molecule has 0 aromatic heterocycles. The van der Waals surface area contributed by atoms with E-state index in [2.05, 4.69) is 27.7 Å². The second kappa shape index (κ2) is 12.0. The minimum Gasteiger partial charge on any atom is -0.377 e. The zero-order valence-corrected chi connectivity index (χ0v) is 13.1. The zero-order chi connectivity index (χ0) is 13.8. The Bertz CT molecular complexity index is 170. The van der Waals surface area contributed by atoms with Crippen LogP contribution in [-0.4, -0.2) is 18.8 Å². The van der Waals surface area contributed by atoms with Gasteiger partial charge in [-0.3, -0.25) is 0 Å². The van der Waals surface area contributed by atoms with Crippen LogP contribution in [0.4, 0.5) is 0 Å². The molecule has 0 bridgehead atoms. The molecule has 2 atom stereocenters. The molecule has 2 unspecified atom stereocenters. The first-order valence-corrected chi connectivity index (χ1v) is 8.00. The summed E-state index contributed by atoms with van der Waals surface area (Å²) in [5.74, 6) is 0.518. The van der Waals surface area contributed by atoms with Crippen LogP contribution in [0.5, 0.6) is 0 Å². The molecule has 0 aliphatic carbocycles. The second-order valence-electron chi connectivity index (χ2n) is 5.74. The third kappa shape index (κ3) is 8.93. The van der Waals surface area contributed by atoms with Crippen molar-refractivity contribution in [2.75, 3.05) is 6.61 Å². The zero-order valence-electron chi connectivity index (χ0n) is 13.1. The van der Waals surface area contributed by atoms with Gasteiger partial charge in [0.1, 0.15) is 0 Å². The van der Waals surface area contributed by atoms with Gasteiger partial charge < -0.3 is 10.5 Å². The molecular weight excluding hydrogens is 222 g/mol. The van der Waals surface area contributed by atoms with Crippen LogP contribution < -0.4 is 5.73 Å². The fourth-order valence-electron chi connectivity index (χ4n) is 2.50. The molecule has 0 aliphatic heterocycles. The van der Waals surface area contributed by atoms with E-state index in [1.165, 1.54) is 44.9 Å². The maximum Gasteiger partial charge on any atom is 0.0748 e. The van der Waals surface area contributed by atoms with E-state index in [-0.39, 0.29) is 12.1 Å². The molecular formula is C16H35NO. The van der Waals surface area contributed by atoms with Crippen LogP contribution in [0.25, 0.3) is 0 Å². The van der Waals surface area contributed by atoms with Crippen molar-refractivity contribution < 1.29 is 4.74 Å². The van der Waals surface area contributed by atoms with Gasteiger partial charge in [0.25, 0.3) is 0 Å². The first-order valence-electron chi connectivity index (χ1n) is 8.00. The topological polar surface area (TPSA) is 35.2 Å². The van der Waals surface area contributed by atoms with Gasteiger partial charge in [0.2, 0.25) is 0 Å². The molecule has 110 valence electrons. The van der Waals surface area contributed by atoms with E-state index in [9.17, 15) is 0 Å². The van der Waals surface area contributed by atoms with Crippen molar-refractivity contribution in [3.63, 3.8) is 0 Å². The van der Waals surface area contributed by atoms with Gasteiger partial charge in [-0.1, -0.05) is 65.7 Å². The number of rotatable bonds is 12. The van der Waals surface area contributed by atoms with Gasteiger partial charge in [-0.25, -0.2) is 0 Å².